The summed E-state index contributed by atoms with van der Waals surface area (Å²) < 4.78 is 10.5. The Kier molecular flexibility index (Phi) is 4.40. The number of ether oxygens (including phenoxy) is 1. The standard InChI is InChI=1S/C20H13N3O6/c1-28-19(26)11-6-8-12(9-7-11)23-17(20(27)29-22-23)16(24)10-14-13-4-2-3-5-15(13)21-18(14)25/h2-10H,1H3,(H-,21,22,24,25,27). The van der Waals surface area contributed by atoms with Crippen LogP contribution in [0.4, 0.5) is 5.69 Å². The fourth-order valence-electron chi connectivity index (χ4n) is 2.95. The molecule has 9 nitrogen and oxygen atoms in total. The van der Waals surface area contributed by atoms with Crippen LogP contribution in [0.2, 0.25) is 0 Å². The first-order valence-corrected chi connectivity index (χ1v) is 8.43. The van der Waals surface area contributed by atoms with Crippen LogP contribution in [0.5, 0.6) is 0 Å². The molecule has 1 aliphatic rings. The summed E-state index contributed by atoms with van der Waals surface area (Å²) in [5, 5.41) is 14.5. The van der Waals surface area contributed by atoms with E-state index >= 15 is 0 Å². The lowest BCUT2D eigenvalue weighted by Crippen LogP contribution is -2.40. The van der Waals surface area contributed by atoms with Gasteiger partial charge in [-0.1, -0.05) is 18.2 Å². The van der Waals surface area contributed by atoms with Crippen LogP contribution >= 0.6 is 0 Å². The van der Waals surface area contributed by atoms with Gasteiger partial charge in [0.15, 0.2) is 0 Å². The van der Waals surface area contributed by atoms with Crippen molar-refractivity contribution in [2.24, 2.45) is 4.99 Å². The van der Waals surface area contributed by atoms with E-state index < -0.39 is 23.3 Å². The van der Waals surface area contributed by atoms with Crippen LogP contribution in [0.1, 0.15) is 26.4 Å². The van der Waals surface area contributed by atoms with Crippen molar-refractivity contribution in [2.75, 3.05) is 7.11 Å². The number of fused-ring (bicyclic) bond motifs is 1. The van der Waals surface area contributed by atoms with E-state index in [2.05, 4.69) is 15.0 Å². The SMILES string of the molecule is COC(=O)c1ccc(-[n+]2[nH]oc(=O)c2C(=O)/C=C2/C([O-])=Nc3ccccc32)cc1. The molecule has 2 heterocycles. The van der Waals surface area contributed by atoms with Crippen molar-refractivity contribution >= 4 is 28.9 Å². The second-order valence-electron chi connectivity index (χ2n) is 6.06. The Bertz CT molecular complexity index is 1250. The molecule has 0 unspecified atom stereocenters. The fourth-order valence-corrected chi connectivity index (χ4v) is 2.95. The van der Waals surface area contributed by atoms with Gasteiger partial charge in [-0.2, -0.15) is 0 Å². The maximum absolute atomic E-state index is 12.8. The molecule has 2 aromatic carbocycles. The number of nitrogens with one attached hydrogen (secondary N) is 1. The Balaban J connectivity index is 1.73. The minimum absolute atomic E-state index is 0.0961. The number of H-pyrrole nitrogens is 1. The number of carbonyl (C=O) groups is 2. The summed E-state index contributed by atoms with van der Waals surface area (Å²) in [4.78, 5) is 40.4. The normalized spacial score (nSPS) is 13.8. The molecule has 1 aromatic heterocycles. The maximum atomic E-state index is 12.8. The van der Waals surface area contributed by atoms with Gasteiger partial charge in [0.05, 0.1) is 18.4 Å². The lowest BCUT2D eigenvalue weighted by molar-refractivity contribution is -0.672. The predicted octanol–water partition coefficient (Wildman–Crippen LogP) is 0.701. The molecule has 0 bridgehead atoms. The lowest BCUT2D eigenvalue weighted by Gasteiger charge is -2.06. The van der Waals surface area contributed by atoms with Gasteiger partial charge < -0.3 is 9.84 Å². The number of hydrogen-bond acceptors (Lipinski definition) is 7. The second kappa shape index (κ2) is 7.04. The zero-order valence-corrected chi connectivity index (χ0v) is 15.0. The molecular weight excluding hydrogens is 378 g/mol. The molecule has 0 aliphatic carbocycles. The van der Waals surface area contributed by atoms with Crippen LogP contribution < -0.4 is 15.4 Å². The molecule has 3 aromatic rings. The predicted molar refractivity (Wildman–Crippen MR) is 98.0 cm³/mol. The largest absolute Gasteiger partial charge is 0.858 e. The summed E-state index contributed by atoms with van der Waals surface area (Å²) in [6.07, 6.45) is 1.07. The number of rotatable bonds is 4. The maximum Gasteiger partial charge on any atom is 0.439 e. The second-order valence-corrected chi connectivity index (χ2v) is 6.06. The van der Waals surface area contributed by atoms with Crippen LogP contribution in [0.3, 0.4) is 0 Å². The molecule has 1 N–H and O–H groups in total. The summed E-state index contributed by atoms with van der Waals surface area (Å²) in [5.74, 6) is -1.81. The van der Waals surface area contributed by atoms with E-state index in [1.807, 2.05) is 0 Å². The average molecular weight is 391 g/mol. The minimum atomic E-state index is -0.903. The van der Waals surface area contributed by atoms with Gasteiger partial charge in [0.25, 0.3) is 5.78 Å². The number of aromatic nitrogens is 2. The molecule has 4 rings (SSSR count). The van der Waals surface area contributed by atoms with Crippen molar-refractivity contribution in [1.82, 2.24) is 5.27 Å². The Morgan fingerprint density at radius 3 is 2.62 bits per heavy atom. The molecule has 0 spiro atoms. The van der Waals surface area contributed by atoms with Gasteiger partial charge in [0.2, 0.25) is 5.69 Å². The summed E-state index contributed by atoms with van der Waals surface area (Å²) in [5.41, 5.74) is 0.503. The number of methoxy groups -OCH3 is 1. The Labute approximate surface area is 163 Å². The number of esters is 1. The topological polar surface area (TPSA) is 129 Å². The van der Waals surface area contributed by atoms with Crippen LogP contribution in [-0.2, 0) is 4.74 Å². The van der Waals surface area contributed by atoms with Crippen LogP contribution in [0.25, 0.3) is 11.3 Å². The summed E-state index contributed by atoms with van der Waals surface area (Å²) in [6.45, 7) is 0. The van der Waals surface area contributed by atoms with Gasteiger partial charge in [-0.05, 0) is 39.6 Å². The van der Waals surface area contributed by atoms with E-state index in [1.54, 1.807) is 24.3 Å². The highest BCUT2D eigenvalue weighted by Gasteiger charge is 2.30. The first kappa shape index (κ1) is 18.1. The lowest BCUT2D eigenvalue weighted by atomic mass is 10.0. The molecule has 0 atom stereocenters. The van der Waals surface area contributed by atoms with Crippen molar-refractivity contribution in [3.8, 4) is 5.69 Å². The van der Waals surface area contributed by atoms with Gasteiger partial charge in [0, 0.05) is 23.8 Å². The van der Waals surface area contributed by atoms with Crippen molar-refractivity contribution < 1.29 is 28.6 Å². The molecule has 1 aliphatic heterocycles. The molecule has 0 radical (unpaired) electrons. The van der Waals surface area contributed by atoms with E-state index in [4.69, 9.17) is 4.52 Å². The van der Waals surface area contributed by atoms with Crippen molar-refractivity contribution in [3.05, 3.63) is 81.8 Å². The van der Waals surface area contributed by atoms with Gasteiger partial charge in [-0.25, -0.2) is 9.59 Å². The fraction of sp³-hybridized carbons (Fsp3) is 0.0500. The number of hydrogen-bond donors (Lipinski definition) is 1. The molecule has 9 heteroatoms. The molecule has 0 amide bonds. The quantitative estimate of drug-likeness (QED) is 0.302. The van der Waals surface area contributed by atoms with Crippen LogP contribution in [-0.4, -0.2) is 30.0 Å². The smallest absolute Gasteiger partial charge is 0.439 e. The number of aliphatic imine (C=N–C) groups is 1. The zero-order chi connectivity index (χ0) is 20.5. The third-order valence-corrected chi connectivity index (χ3v) is 4.35. The number of allylic oxidation sites excluding steroid dienone is 1. The summed E-state index contributed by atoms with van der Waals surface area (Å²) in [6, 6.07) is 12.7. The van der Waals surface area contributed by atoms with Crippen molar-refractivity contribution in [3.63, 3.8) is 0 Å². The summed E-state index contributed by atoms with van der Waals surface area (Å²) in [7, 11) is 1.26. The first-order chi connectivity index (χ1) is 14.0. The molecule has 29 heavy (non-hydrogen) atoms. The Morgan fingerprint density at radius 1 is 1.17 bits per heavy atom. The Hall–Kier alpha value is -4.27. The van der Waals surface area contributed by atoms with Gasteiger partial charge in [-0.3, -0.25) is 14.3 Å². The molecule has 0 fully saturated rings. The minimum Gasteiger partial charge on any atom is -0.858 e. The van der Waals surface area contributed by atoms with E-state index in [9.17, 15) is 19.5 Å². The highest BCUT2D eigenvalue weighted by molar-refractivity contribution is 6.28. The Morgan fingerprint density at radius 2 is 1.90 bits per heavy atom. The first-order valence-electron chi connectivity index (χ1n) is 8.43. The number of ketones is 1. The van der Waals surface area contributed by atoms with Crippen LogP contribution in [0, 0.1) is 0 Å². The van der Waals surface area contributed by atoms with Gasteiger partial charge in [0.1, 0.15) is 0 Å². The molecule has 0 saturated carbocycles. The van der Waals surface area contributed by atoms with Crippen LogP contribution in [0.15, 0.2) is 68.9 Å². The number of carbonyl (C=O) groups excluding carboxylic acids is 2. The highest BCUT2D eigenvalue weighted by Crippen LogP contribution is 2.32. The zero-order valence-electron chi connectivity index (χ0n) is 15.0. The van der Waals surface area contributed by atoms with E-state index in [-0.39, 0.29) is 11.3 Å². The third-order valence-electron chi connectivity index (χ3n) is 4.35. The monoisotopic (exact) mass is 391 g/mol. The molecule has 144 valence electrons. The summed E-state index contributed by atoms with van der Waals surface area (Å²) >= 11 is 0. The highest BCUT2D eigenvalue weighted by atomic mass is 16.5. The third kappa shape index (κ3) is 3.14. The average Bonchev–Trinajstić information content (AvgIpc) is 3.27. The number of aromatic amines is 1. The van der Waals surface area contributed by atoms with Crippen molar-refractivity contribution in [1.29, 1.82) is 0 Å². The molecular formula is C20H13N3O6. The van der Waals surface area contributed by atoms with Crippen molar-refractivity contribution in [2.45, 2.75) is 0 Å². The van der Waals surface area contributed by atoms with E-state index in [1.165, 1.54) is 31.4 Å². The number of benzene rings is 2. The molecule has 0 saturated heterocycles. The van der Waals surface area contributed by atoms with E-state index in [0.717, 1.165) is 10.8 Å². The van der Waals surface area contributed by atoms with Gasteiger partial charge in [-0.15, -0.1) is 0 Å². The van der Waals surface area contributed by atoms with Gasteiger partial charge >= 0.3 is 17.3 Å². The number of nitrogens with zero attached hydrogens (tertiary/aromatic N) is 2. The van der Waals surface area contributed by atoms with E-state index in [0.29, 0.717) is 22.5 Å². The number of para-hydroxylation sites is 1.